The Morgan fingerprint density at radius 3 is 2.40 bits per heavy atom. The molecule has 2 aromatic carbocycles. The molecule has 4 nitrogen and oxygen atoms in total. The Bertz CT molecular complexity index is 756. The number of aryl methyl sites for hydroxylation is 2. The predicted octanol–water partition coefficient (Wildman–Crippen LogP) is 5.25. The number of hydrogen-bond donors (Lipinski definition) is 0. The Balaban J connectivity index is 2.30. The highest BCUT2D eigenvalue weighted by Crippen LogP contribution is 2.32. The summed E-state index contributed by atoms with van der Waals surface area (Å²) in [6.07, 6.45) is 0.297. The second kappa shape index (κ2) is 8.77. The van der Waals surface area contributed by atoms with Gasteiger partial charge in [-0.2, -0.15) is 0 Å². The average molecular weight is 363 g/mol. The van der Waals surface area contributed by atoms with E-state index in [1.807, 2.05) is 32.9 Å². The van der Waals surface area contributed by atoms with Gasteiger partial charge in [0.25, 0.3) is 0 Å². The lowest BCUT2D eigenvalue weighted by molar-refractivity contribution is -0.134. The van der Waals surface area contributed by atoms with Gasteiger partial charge in [0.05, 0.1) is 12.2 Å². The van der Waals surface area contributed by atoms with Gasteiger partial charge in [-0.15, -0.1) is 0 Å². The van der Waals surface area contributed by atoms with Crippen LogP contribution in [0, 0.1) is 13.8 Å². The lowest BCUT2D eigenvalue weighted by Crippen LogP contribution is -2.10. The largest absolute Gasteiger partial charge is 0.493 e. The van der Waals surface area contributed by atoms with E-state index in [4.69, 9.17) is 25.8 Å². The standard InChI is InChI=1S/C20H23ClO4/c1-5-20(22)25-18-9-7-8-17(23-6-2)15(18)12-24-19-11-16(21)13(3)10-14(19)4/h7-11H,5-6,12H2,1-4H3. The van der Waals surface area contributed by atoms with Crippen LogP contribution in [-0.4, -0.2) is 12.6 Å². The van der Waals surface area contributed by atoms with Crippen LogP contribution in [0.4, 0.5) is 0 Å². The minimum absolute atomic E-state index is 0.211. The Hall–Kier alpha value is -2.20. The zero-order chi connectivity index (χ0) is 18.4. The summed E-state index contributed by atoms with van der Waals surface area (Å²) in [6, 6.07) is 9.14. The number of halogens is 1. The topological polar surface area (TPSA) is 44.8 Å². The average Bonchev–Trinajstić information content (AvgIpc) is 2.58. The molecule has 0 amide bonds. The number of esters is 1. The van der Waals surface area contributed by atoms with E-state index < -0.39 is 0 Å². The first-order chi connectivity index (χ1) is 12.0. The minimum Gasteiger partial charge on any atom is -0.493 e. The quantitative estimate of drug-likeness (QED) is 0.498. The molecule has 0 spiro atoms. The molecule has 0 heterocycles. The van der Waals surface area contributed by atoms with Crippen LogP contribution in [0.3, 0.4) is 0 Å². The van der Waals surface area contributed by atoms with E-state index in [2.05, 4.69) is 0 Å². The molecule has 0 aliphatic heterocycles. The molecule has 134 valence electrons. The summed E-state index contributed by atoms with van der Waals surface area (Å²) in [5.41, 5.74) is 2.68. The molecule has 2 rings (SSSR count). The lowest BCUT2D eigenvalue weighted by atomic mass is 10.1. The summed E-state index contributed by atoms with van der Waals surface area (Å²) in [5.74, 6) is 1.48. The van der Waals surface area contributed by atoms with Crippen molar-refractivity contribution in [1.82, 2.24) is 0 Å². The fourth-order valence-corrected chi connectivity index (χ4v) is 2.54. The Kier molecular flexibility index (Phi) is 6.71. The molecule has 0 aliphatic carbocycles. The molecule has 0 fully saturated rings. The molecule has 0 unspecified atom stereocenters. The number of hydrogen-bond acceptors (Lipinski definition) is 4. The van der Waals surface area contributed by atoms with Crippen LogP contribution in [0.2, 0.25) is 5.02 Å². The number of ether oxygens (including phenoxy) is 3. The molecule has 0 atom stereocenters. The fourth-order valence-electron chi connectivity index (χ4n) is 2.38. The van der Waals surface area contributed by atoms with Gasteiger partial charge in [-0.05, 0) is 50.1 Å². The van der Waals surface area contributed by atoms with Crippen LogP contribution in [0.15, 0.2) is 30.3 Å². The van der Waals surface area contributed by atoms with Crippen LogP contribution in [0.25, 0.3) is 0 Å². The normalized spacial score (nSPS) is 10.4. The van der Waals surface area contributed by atoms with E-state index in [1.54, 1.807) is 25.1 Å². The summed E-state index contributed by atoms with van der Waals surface area (Å²) in [4.78, 5) is 11.7. The van der Waals surface area contributed by atoms with Gasteiger partial charge in [0.1, 0.15) is 23.9 Å². The van der Waals surface area contributed by atoms with Gasteiger partial charge < -0.3 is 14.2 Å². The summed E-state index contributed by atoms with van der Waals surface area (Å²) in [5, 5.41) is 0.649. The van der Waals surface area contributed by atoms with Gasteiger partial charge in [0.15, 0.2) is 0 Å². The number of rotatable bonds is 7. The smallest absolute Gasteiger partial charge is 0.310 e. The highest BCUT2D eigenvalue weighted by atomic mass is 35.5. The van der Waals surface area contributed by atoms with Crippen molar-refractivity contribution in [1.29, 1.82) is 0 Å². The van der Waals surface area contributed by atoms with Gasteiger partial charge in [-0.25, -0.2) is 0 Å². The highest BCUT2D eigenvalue weighted by molar-refractivity contribution is 6.31. The fraction of sp³-hybridized carbons (Fsp3) is 0.350. The maximum atomic E-state index is 11.7. The molecule has 0 aromatic heterocycles. The molecule has 2 aromatic rings. The zero-order valence-electron chi connectivity index (χ0n) is 15.0. The van der Waals surface area contributed by atoms with E-state index in [0.29, 0.717) is 40.9 Å². The molecule has 0 saturated carbocycles. The third-order valence-electron chi connectivity index (χ3n) is 3.73. The molecule has 0 N–H and O–H groups in total. The molecule has 0 radical (unpaired) electrons. The SMILES string of the molecule is CCOc1cccc(OC(=O)CC)c1COc1cc(Cl)c(C)cc1C. The first kappa shape index (κ1) is 19.1. The van der Waals surface area contributed by atoms with Gasteiger partial charge in [-0.3, -0.25) is 4.79 Å². The van der Waals surface area contributed by atoms with Crippen molar-refractivity contribution >= 4 is 17.6 Å². The number of benzene rings is 2. The maximum Gasteiger partial charge on any atom is 0.310 e. The van der Waals surface area contributed by atoms with Gasteiger partial charge >= 0.3 is 5.97 Å². The summed E-state index contributed by atoms with van der Waals surface area (Å²) < 4.78 is 17.0. The van der Waals surface area contributed by atoms with E-state index in [9.17, 15) is 4.79 Å². The first-order valence-corrected chi connectivity index (χ1v) is 8.68. The van der Waals surface area contributed by atoms with E-state index in [1.165, 1.54) is 0 Å². The summed E-state index contributed by atoms with van der Waals surface area (Å²) in [6.45, 7) is 8.29. The Morgan fingerprint density at radius 1 is 1.00 bits per heavy atom. The molecular formula is C20H23ClO4. The summed E-state index contributed by atoms with van der Waals surface area (Å²) >= 11 is 6.19. The Labute approximate surface area is 153 Å². The van der Waals surface area contributed by atoms with Crippen LogP contribution in [-0.2, 0) is 11.4 Å². The van der Waals surface area contributed by atoms with Crippen molar-refractivity contribution in [2.24, 2.45) is 0 Å². The molecule has 5 heteroatoms. The van der Waals surface area contributed by atoms with Crippen molar-refractivity contribution in [2.45, 2.75) is 40.7 Å². The minimum atomic E-state index is -0.301. The van der Waals surface area contributed by atoms with Crippen molar-refractivity contribution in [2.75, 3.05) is 6.61 Å². The van der Waals surface area contributed by atoms with E-state index >= 15 is 0 Å². The Morgan fingerprint density at radius 2 is 1.72 bits per heavy atom. The van der Waals surface area contributed by atoms with E-state index in [-0.39, 0.29) is 12.6 Å². The van der Waals surface area contributed by atoms with Crippen LogP contribution < -0.4 is 14.2 Å². The monoisotopic (exact) mass is 362 g/mol. The van der Waals surface area contributed by atoms with Crippen LogP contribution >= 0.6 is 11.6 Å². The molecular weight excluding hydrogens is 340 g/mol. The second-order valence-electron chi connectivity index (χ2n) is 5.65. The highest BCUT2D eigenvalue weighted by Gasteiger charge is 2.15. The zero-order valence-corrected chi connectivity index (χ0v) is 15.8. The van der Waals surface area contributed by atoms with Crippen molar-refractivity contribution in [3.05, 3.63) is 52.0 Å². The molecule has 0 saturated heterocycles. The third-order valence-corrected chi connectivity index (χ3v) is 4.14. The van der Waals surface area contributed by atoms with Crippen LogP contribution in [0.5, 0.6) is 17.2 Å². The first-order valence-electron chi connectivity index (χ1n) is 8.31. The maximum absolute atomic E-state index is 11.7. The lowest BCUT2D eigenvalue weighted by Gasteiger charge is -2.16. The van der Waals surface area contributed by atoms with Gasteiger partial charge in [0.2, 0.25) is 0 Å². The van der Waals surface area contributed by atoms with Gasteiger partial charge in [0, 0.05) is 11.4 Å². The predicted molar refractivity (Wildman–Crippen MR) is 98.8 cm³/mol. The third kappa shape index (κ3) is 4.89. The summed E-state index contributed by atoms with van der Waals surface area (Å²) in [7, 11) is 0. The second-order valence-corrected chi connectivity index (χ2v) is 6.06. The molecule has 0 aliphatic rings. The molecule has 0 bridgehead atoms. The van der Waals surface area contributed by atoms with Gasteiger partial charge in [-0.1, -0.05) is 30.7 Å². The van der Waals surface area contributed by atoms with Crippen molar-refractivity contribution in [3.63, 3.8) is 0 Å². The number of carbonyl (C=O) groups is 1. The van der Waals surface area contributed by atoms with Crippen molar-refractivity contribution in [3.8, 4) is 17.2 Å². The van der Waals surface area contributed by atoms with Crippen molar-refractivity contribution < 1.29 is 19.0 Å². The molecule has 25 heavy (non-hydrogen) atoms. The number of carbonyl (C=O) groups excluding carboxylic acids is 1. The van der Waals surface area contributed by atoms with E-state index in [0.717, 1.165) is 11.1 Å². The van der Waals surface area contributed by atoms with Crippen LogP contribution in [0.1, 0.15) is 37.0 Å².